The monoisotopic (exact) mass is 594 g/mol. The van der Waals surface area contributed by atoms with E-state index in [-0.39, 0.29) is 5.91 Å². The molecule has 2 atom stereocenters. The van der Waals surface area contributed by atoms with Crippen LogP contribution in [0.5, 0.6) is 0 Å². The fourth-order valence-electron chi connectivity index (χ4n) is 5.29. The Bertz CT molecular complexity index is 1510. The number of piperidine rings is 1. The number of primary amides is 1. The number of nitrogens with one attached hydrogen (secondary N) is 2. The number of carboxylic acids is 1. The Morgan fingerprint density at radius 2 is 1.58 bits per heavy atom. The van der Waals surface area contributed by atoms with Crippen molar-refractivity contribution >= 4 is 40.4 Å². The quantitative estimate of drug-likeness (QED) is 0.255. The van der Waals surface area contributed by atoms with E-state index < -0.39 is 18.1 Å². The first-order valence-electron chi connectivity index (χ1n) is 13.8. The van der Waals surface area contributed by atoms with Gasteiger partial charge in [-0.1, -0.05) is 55.0 Å². The summed E-state index contributed by atoms with van der Waals surface area (Å²) in [6, 6.07) is 24.5. The van der Waals surface area contributed by atoms with Gasteiger partial charge in [-0.3, -0.25) is 14.5 Å². The van der Waals surface area contributed by atoms with E-state index >= 15 is 0 Å². The number of alkyl halides is 3. The number of nitrogens with two attached hydrogens (primary N) is 1. The van der Waals surface area contributed by atoms with Crippen LogP contribution in [-0.2, 0) is 16.1 Å². The molecule has 3 aromatic rings. The second-order valence-electron chi connectivity index (χ2n) is 10.6. The minimum atomic E-state index is -5.08. The van der Waals surface area contributed by atoms with Gasteiger partial charge in [0, 0.05) is 41.1 Å². The zero-order valence-corrected chi connectivity index (χ0v) is 23.7. The molecule has 2 aliphatic rings. The third kappa shape index (κ3) is 7.61. The molecule has 2 amide bonds. The zero-order valence-electron chi connectivity index (χ0n) is 23.7. The van der Waals surface area contributed by atoms with Gasteiger partial charge < -0.3 is 21.5 Å². The van der Waals surface area contributed by atoms with Crippen LogP contribution in [0.15, 0.2) is 72.8 Å². The van der Waals surface area contributed by atoms with Crippen LogP contribution < -0.4 is 16.4 Å². The SMILES string of the molecule is CC1CCCC(C)N1Cc1ccc(N/C(=C2\C(=O)Nc3cc(C(N)=O)ccc32)c2ccccc2)cc1.O=C(O)C(F)(F)F. The summed E-state index contributed by atoms with van der Waals surface area (Å²) < 4.78 is 31.7. The van der Waals surface area contributed by atoms with Gasteiger partial charge in [-0.25, -0.2) is 4.79 Å². The van der Waals surface area contributed by atoms with Crippen LogP contribution >= 0.6 is 0 Å². The van der Waals surface area contributed by atoms with Gasteiger partial charge in [0.05, 0.1) is 11.3 Å². The van der Waals surface area contributed by atoms with Crippen molar-refractivity contribution in [3.8, 4) is 0 Å². The number of rotatable bonds is 6. The van der Waals surface area contributed by atoms with Crippen LogP contribution in [0.25, 0.3) is 11.3 Å². The lowest BCUT2D eigenvalue weighted by Gasteiger charge is -2.39. The van der Waals surface area contributed by atoms with Crippen molar-refractivity contribution < 1.29 is 32.7 Å². The lowest BCUT2D eigenvalue weighted by atomic mass is 9.96. The third-order valence-electron chi connectivity index (χ3n) is 7.57. The number of carboxylic acid groups (broad SMARTS) is 1. The number of halogens is 3. The maximum absolute atomic E-state index is 13.1. The molecule has 1 fully saturated rings. The summed E-state index contributed by atoms with van der Waals surface area (Å²) in [7, 11) is 0. The molecule has 3 aromatic carbocycles. The van der Waals surface area contributed by atoms with Crippen molar-refractivity contribution in [2.45, 2.75) is 57.9 Å². The van der Waals surface area contributed by atoms with Gasteiger partial charge in [0.2, 0.25) is 5.91 Å². The highest BCUT2D eigenvalue weighted by Crippen LogP contribution is 2.38. The Morgan fingerprint density at radius 1 is 0.977 bits per heavy atom. The van der Waals surface area contributed by atoms with Crippen molar-refractivity contribution in [2.24, 2.45) is 5.73 Å². The number of anilines is 2. The fraction of sp³-hybridized carbons (Fsp3) is 0.281. The number of carbonyl (C=O) groups is 3. The molecule has 226 valence electrons. The summed E-state index contributed by atoms with van der Waals surface area (Å²) in [4.78, 5) is 36.2. The van der Waals surface area contributed by atoms with Gasteiger partial charge in [0.15, 0.2) is 0 Å². The van der Waals surface area contributed by atoms with Crippen molar-refractivity contribution in [1.29, 1.82) is 0 Å². The van der Waals surface area contributed by atoms with E-state index in [0.29, 0.717) is 34.6 Å². The maximum atomic E-state index is 13.1. The molecule has 1 saturated heterocycles. The number of carbonyl (C=O) groups excluding carboxylic acids is 2. The predicted octanol–water partition coefficient (Wildman–Crippen LogP) is 6.11. The summed E-state index contributed by atoms with van der Waals surface area (Å²) in [5.41, 5.74) is 11.4. The lowest BCUT2D eigenvalue weighted by Crippen LogP contribution is -2.42. The average Bonchev–Trinajstić information content (AvgIpc) is 3.29. The highest BCUT2D eigenvalue weighted by molar-refractivity contribution is 6.37. The molecule has 0 aliphatic carbocycles. The highest BCUT2D eigenvalue weighted by atomic mass is 19.4. The molecular formula is C32H33F3N4O4. The lowest BCUT2D eigenvalue weighted by molar-refractivity contribution is -0.192. The van der Waals surface area contributed by atoms with Gasteiger partial charge in [-0.15, -0.1) is 0 Å². The predicted molar refractivity (Wildman–Crippen MR) is 159 cm³/mol. The molecule has 11 heteroatoms. The number of amides is 2. The van der Waals surface area contributed by atoms with Crippen LogP contribution in [-0.4, -0.2) is 46.1 Å². The van der Waals surface area contributed by atoms with Crippen LogP contribution in [0.1, 0.15) is 60.2 Å². The Balaban J connectivity index is 0.000000541. The van der Waals surface area contributed by atoms with Crippen LogP contribution in [0.2, 0.25) is 0 Å². The van der Waals surface area contributed by atoms with Crippen LogP contribution in [0, 0.1) is 0 Å². The molecule has 0 bridgehead atoms. The minimum absolute atomic E-state index is 0.220. The third-order valence-corrected chi connectivity index (χ3v) is 7.57. The molecule has 2 aliphatic heterocycles. The van der Waals surface area contributed by atoms with E-state index in [0.717, 1.165) is 23.4 Å². The van der Waals surface area contributed by atoms with E-state index in [4.69, 9.17) is 15.6 Å². The number of hydrogen-bond acceptors (Lipinski definition) is 5. The number of aliphatic carboxylic acids is 1. The van der Waals surface area contributed by atoms with Crippen molar-refractivity contribution in [3.63, 3.8) is 0 Å². The molecule has 2 heterocycles. The fourth-order valence-corrected chi connectivity index (χ4v) is 5.29. The largest absolute Gasteiger partial charge is 0.490 e. The van der Waals surface area contributed by atoms with Gasteiger partial charge in [-0.05, 0) is 62.1 Å². The molecule has 8 nitrogen and oxygen atoms in total. The standard InChI is InChI=1S/C30H32N4O2.C2HF3O2/c1-19-7-6-8-20(2)34(19)18-21-11-14-24(15-12-21)32-28(22-9-4-3-5-10-22)27-25-16-13-23(29(31)35)17-26(25)33-30(27)36;3-2(4,5)1(6)7/h3-5,9-17,19-20,32H,6-8,18H2,1-2H3,(H2,31,35)(H,33,36);(H,6,7)/b28-27-;. The smallest absolute Gasteiger partial charge is 0.475 e. The van der Waals surface area contributed by atoms with Crippen LogP contribution in [0.4, 0.5) is 24.5 Å². The second-order valence-corrected chi connectivity index (χ2v) is 10.6. The van der Waals surface area contributed by atoms with Gasteiger partial charge >= 0.3 is 12.1 Å². The molecule has 2 unspecified atom stereocenters. The summed E-state index contributed by atoms with van der Waals surface area (Å²) in [6.45, 7) is 5.58. The summed E-state index contributed by atoms with van der Waals surface area (Å²) in [5.74, 6) is -3.51. The Morgan fingerprint density at radius 3 is 2.14 bits per heavy atom. The highest BCUT2D eigenvalue weighted by Gasteiger charge is 2.38. The van der Waals surface area contributed by atoms with E-state index in [1.807, 2.05) is 30.3 Å². The Kier molecular flexibility index (Phi) is 9.55. The number of likely N-dealkylation sites (tertiary alicyclic amines) is 1. The molecule has 0 radical (unpaired) electrons. The molecular weight excluding hydrogens is 561 g/mol. The van der Waals surface area contributed by atoms with Crippen molar-refractivity contribution in [2.75, 3.05) is 10.6 Å². The minimum Gasteiger partial charge on any atom is -0.475 e. The van der Waals surface area contributed by atoms with Gasteiger partial charge in [-0.2, -0.15) is 13.2 Å². The van der Waals surface area contributed by atoms with Gasteiger partial charge in [0.1, 0.15) is 0 Å². The first-order chi connectivity index (χ1) is 20.3. The first-order valence-corrected chi connectivity index (χ1v) is 13.8. The molecule has 0 saturated carbocycles. The molecule has 43 heavy (non-hydrogen) atoms. The Hall–Kier alpha value is -4.64. The first kappa shape index (κ1) is 31.3. The van der Waals surface area contributed by atoms with Crippen LogP contribution in [0.3, 0.4) is 0 Å². The maximum Gasteiger partial charge on any atom is 0.490 e. The number of benzene rings is 3. The summed E-state index contributed by atoms with van der Waals surface area (Å²) >= 11 is 0. The normalized spacial score (nSPS) is 19.4. The summed E-state index contributed by atoms with van der Waals surface area (Å²) in [5, 5.41) is 13.5. The van der Waals surface area contributed by atoms with Gasteiger partial charge in [0.25, 0.3) is 5.91 Å². The summed E-state index contributed by atoms with van der Waals surface area (Å²) in [6.07, 6.45) is -1.27. The number of hydrogen-bond donors (Lipinski definition) is 4. The Labute approximate surface area is 247 Å². The number of nitrogens with zero attached hydrogens (tertiary/aromatic N) is 1. The van der Waals surface area contributed by atoms with Crippen molar-refractivity contribution in [1.82, 2.24) is 4.90 Å². The molecule has 5 N–H and O–H groups in total. The molecule has 0 spiro atoms. The zero-order chi connectivity index (χ0) is 31.3. The molecule has 0 aromatic heterocycles. The topological polar surface area (TPSA) is 125 Å². The van der Waals surface area contributed by atoms with E-state index in [1.165, 1.54) is 24.8 Å². The van der Waals surface area contributed by atoms with E-state index in [9.17, 15) is 22.8 Å². The van der Waals surface area contributed by atoms with E-state index in [2.05, 4.69) is 53.6 Å². The molecule has 5 rings (SSSR count). The second kappa shape index (κ2) is 13.1. The number of fused-ring (bicyclic) bond motifs is 1. The average molecular weight is 595 g/mol. The van der Waals surface area contributed by atoms with E-state index in [1.54, 1.807) is 18.2 Å². The van der Waals surface area contributed by atoms with Crippen molar-refractivity contribution in [3.05, 3.63) is 95.1 Å².